The lowest BCUT2D eigenvalue weighted by Crippen LogP contribution is -2.49. The highest BCUT2D eigenvalue weighted by atomic mass is 16.2. The van der Waals surface area contributed by atoms with Crippen molar-refractivity contribution in [2.75, 3.05) is 32.7 Å². The Kier molecular flexibility index (Phi) is 8.07. The summed E-state index contributed by atoms with van der Waals surface area (Å²) in [6, 6.07) is 8.12. The minimum Gasteiger partial charge on any atom is -0.350 e. The average molecular weight is 401 g/mol. The van der Waals surface area contributed by atoms with Gasteiger partial charge in [0.15, 0.2) is 0 Å². The van der Waals surface area contributed by atoms with Gasteiger partial charge >= 0.3 is 0 Å². The predicted molar refractivity (Wildman–Crippen MR) is 115 cm³/mol. The Balaban J connectivity index is 1.47. The van der Waals surface area contributed by atoms with Crippen LogP contribution in [0.2, 0.25) is 0 Å². The first-order valence-corrected chi connectivity index (χ1v) is 11.1. The number of amides is 2. The van der Waals surface area contributed by atoms with Crippen molar-refractivity contribution in [3.05, 3.63) is 35.4 Å². The highest BCUT2D eigenvalue weighted by Gasteiger charge is 2.31. The minimum absolute atomic E-state index is 0.0648. The fourth-order valence-electron chi connectivity index (χ4n) is 4.49. The second-order valence-corrected chi connectivity index (χ2v) is 8.47. The maximum absolute atomic E-state index is 12.7. The summed E-state index contributed by atoms with van der Waals surface area (Å²) >= 11 is 0. The van der Waals surface area contributed by atoms with Crippen LogP contribution in [0.25, 0.3) is 0 Å². The summed E-state index contributed by atoms with van der Waals surface area (Å²) in [7, 11) is 0. The van der Waals surface area contributed by atoms with E-state index in [0.717, 1.165) is 70.5 Å². The molecule has 0 aromatic heterocycles. The van der Waals surface area contributed by atoms with Crippen molar-refractivity contribution in [2.45, 2.75) is 58.7 Å². The molecule has 1 saturated heterocycles. The number of rotatable bonds is 8. The van der Waals surface area contributed by atoms with Gasteiger partial charge in [-0.3, -0.25) is 14.5 Å². The van der Waals surface area contributed by atoms with Crippen molar-refractivity contribution < 1.29 is 9.59 Å². The van der Waals surface area contributed by atoms with E-state index in [4.69, 9.17) is 0 Å². The molecule has 1 heterocycles. The highest BCUT2D eigenvalue weighted by molar-refractivity contribution is 5.87. The van der Waals surface area contributed by atoms with Crippen LogP contribution in [0.1, 0.15) is 50.7 Å². The maximum Gasteiger partial charge on any atom is 0.243 e. The number of hydrogen-bond donors (Lipinski definition) is 2. The summed E-state index contributed by atoms with van der Waals surface area (Å²) in [5, 5.41) is 5.88. The topological polar surface area (TPSA) is 64.7 Å². The molecule has 1 atom stereocenters. The molecule has 0 bridgehead atoms. The molecule has 0 spiro atoms. The van der Waals surface area contributed by atoms with E-state index in [1.54, 1.807) is 0 Å². The van der Waals surface area contributed by atoms with Gasteiger partial charge in [0.05, 0.1) is 0 Å². The molecule has 0 radical (unpaired) electrons. The summed E-state index contributed by atoms with van der Waals surface area (Å²) in [6.45, 7) is 10.9. The van der Waals surface area contributed by atoms with Crippen LogP contribution >= 0.6 is 0 Å². The fraction of sp³-hybridized carbons (Fsp3) is 0.652. The van der Waals surface area contributed by atoms with Gasteiger partial charge in [-0.1, -0.05) is 44.0 Å². The van der Waals surface area contributed by atoms with Crippen LogP contribution in [0, 0.1) is 5.92 Å². The van der Waals surface area contributed by atoms with Crippen molar-refractivity contribution in [3.8, 4) is 0 Å². The Hall–Kier alpha value is -1.92. The summed E-state index contributed by atoms with van der Waals surface area (Å²) in [5.74, 6) is 0.0561. The molecule has 6 nitrogen and oxygen atoms in total. The average Bonchev–Trinajstić information content (AvgIpc) is 3.26. The minimum atomic E-state index is -0.406. The molecule has 2 fully saturated rings. The van der Waals surface area contributed by atoms with Gasteiger partial charge in [-0.15, -0.1) is 0 Å². The zero-order valence-electron chi connectivity index (χ0n) is 18.0. The predicted octanol–water partition coefficient (Wildman–Crippen LogP) is 2.14. The summed E-state index contributed by atoms with van der Waals surface area (Å²) in [4.78, 5) is 29.2. The summed E-state index contributed by atoms with van der Waals surface area (Å²) in [6.07, 6.45) is 4.31. The lowest BCUT2D eigenvalue weighted by molar-refractivity contribution is -0.129. The van der Waals surface area contributed by atoms with Crippen molar-refractivity contribution in [1.82, 2.24) is 20.4 Å². The third kappa shape index (κ3) is 6.54. The molecule has 160 valence electrons. The third-order valence-electron chi connectivity index (χ3n) is 6.32. The smallest absolute Gasteiger partial charge is 0.243 e. The van der Waals surface area contributed by atoms with Crippen LogP contribution in [-0.2, 0) is 22.7 Å². The van der Waals surface area contributed by atoms with Gasteiger partial charge in [0.25, 0.3) is 0 Å². The normalized spacial score (nSPS) is 19.8. The quantitative estimate of drug-likeness (QED) is 0.702. The first-order chi connectivity index (χ1) is 14.0. The van der Waals surface area contributed by atoms with E-state index in [1.807, 2.05) is 0 Å². The molecule has 29 heavy (non-hydrogen) atoms. The summed E-state index contributed by atoms with van der Waals surface area (Å²) in [5.41, 5.74) is 2.40. The van der Waals surface area contributed by atoms with Crippen LogP contribution in [0.3, 0.4) is 0 Å². The van der Waals surface area contributed by atoms with Crippen LogP contribution in [0.4, 0.5) is 0 Å². The van der Waals surface area contributed by atoms with Crippen molar-refractivity contribution in [3.63, 3.8) is 0 Å². The van der Waals surface area contributed by atoms with Gasteiger partial charge in [0.2, 0.25) is 11.8 Å². The molecule has 2 aliphatic rings. The molecule has 1 aliphatic carbocycles. The Labute approximate surface area is 175 Å². The Morgan fingerprint density at radius 1 is 1.00 bits per heavy atom. The molecule has 1 aliphatic heterocycles. The molecule has 1 unspecified atom stereocenters. The number of nitrogens with one attached hydrogen (secondary N) is 2. The van der Waals surface area contributed by atoms with E-state index in [-0.39, 0.29) is 17.7 Å². The van der Waals surface area contributed by atoms with Crippen LogP contribution < -0.4 is 10.6 Å². The number of hydrogen-bond acceptors (Lipinski definition) is 4. The zero-order chi connectivity index (χ0) is 20.6. The van der Waals surface area contributed by atoms with E-state index in [0.29, 0.717) is 6.54 Å². The number of nitrogens with zero attached hydrogens (tertiary/aromatic N) is 2. The standard InChI is InChI=1S/C23H36N4O2/c1-3-26-12-14-27(15-13-26)17-20-10-8-19(9-11-20)16-24-23(29)22(25-18(2)28)21-6-4-5-7-21/h8-11,21-22H,3-7,12-17H2,1-2H3,(H,24,29)(H,25,28). The van der Waals surface area contributed by atoms with Gasteiger partial charge < -0.3 is 15.5 Å². The number of likely N-dealkylation sites (N-methyl/N-ethyl adjacent to an activating group) is 1. The number of carbonyl (C=O) groups is 2. The van der Waals surface area contributed by atoms with E-state index in [9.17, 15) is 9.59 Å². The van der Waals surface area contributed by atoms with Crippen LogP contribution in [0.5, 0.6) is 0 Å². The van der Waals surface area contributed by atoms with Gasteiger partial charge in [0.1, 0.15) is 6.04 Å². The fourth-order valence-corrected chi connectivity index (χ4v) is 4.49. The monoisotopic (exact) mass is 400 g/mol. The first-order valence-electron chi connectivity index (χ1n) is 11.1. The van der Waals surface area contributed by atoms with Crippen molar-refractivity contribution in [1.29, 1.82) is 0 Å². The van der Waals surface area contributed by atoms with E-state index < -0.39 is 6.04 Å². The molecule has 3 rings (SSSR count). The second-order valence-electron chi connectivity index (χ2n) is 8.47. The Morgan fingerprint density at radius 2 is 1.59 bits per heavy atom. The van der Waals surface area contributed by atoms with Gasteiger partial charge in [-0.05, 0) is 36.4 Å². The third-order valence-corrected chi connectivity index (χ3v) is 6.32. The second kappa shape index (κ2) is 10.7. The number of piperazine rings is 1. The number of benzene rings is 1. The van der Waals surface area contributed by atoms with Crippen LogP contribution in [-0.4, -0.2) is 60.4 Å². The molecule has 2 N–H and O–H groups in total. The molecule has 6 heteroatoms. The van der Waals surface area contributed by atoms with E-state index in [2.05, 4.69) is 51.6 Å². The van der Waals surface area contributed by atoms with Crippen LogP contribution in [0.15, 0.2) is 24.3 Å². The molecule has 1 aromatic carbocycles. The molecule has 2 amide bonds. The van der Waals surface area contributed by atoms with Gasteiger partial charge in [-0.2, -0.15) is 0 Å². The molecule has 1 aromatic rings. The van der Waals surface area contributed by atoms with Crippen molar-refractivity contribution in [2.24, 2.45) is 5.92 Å². The zero-order valence-corrected chi connectivity index (χ0v) is 18.0. The highest BCUT2D eigenvalue weighted by Crippen LogP contribution is 2.28. The SMILES string of the molecule is CCN1CCN(Cc2ccc(CNC(=O)C(NC(C)=O)C3CCCC3)cc2)CC1. The molecular weight excluding hydrogens is 364 g/mol. The maximum atomic E-state index is 12.7. The lowest BCUT2D eigenvalue weighted by Gasteiger charge is -2.34. The summed E-state index contributed by atoms with van der Waals surface area (Å²) < 4.78 is 0. The van der Waals surface area contributed by atoms with Gasteiger partial charge in [0, 0.05) is 46.2 Å². The number of carbonyl (C=O) groups excluding carboxylic acids is 2. The Bertz CT molecular complexity index is 662. The van der Waals surface area contributed by atoms with E-state index in [1.165, 1.54) is 12.5 Å². The van der Waals surface area contributed by atoms with Crippen molar-refractivity contribution >= 4 is 11.8 Å². The largest absolute Gasteiger partial charge is 0.350 e. The first kappa shape index (κ1) is 21.8. The Morgan fingerprint density at radius 3 is 2.17 bits per heavy atom. The van der Waals surface area contributed by atoms with Gasteiger partial charge in [-0.25, -0.2) is 0 Å². The molecular formula is C23H36N4O2. The van der Waals surface area contributed by atoms with E-state index >= 15 is 0 Å². The lowest BCUT2D eigenvalue weighted by atomic mass is 9.97. The molecule has 1 saturated carbocycles.